The van der Waals surface area contributed by atoms with Crippen LogP contribution in [0.3, 0.4) is 0 Å². The quantitative estimate of drug-likeness (QED) is 0.542. The first-order valence-corrected chi connectivity index (χ1v) is 5.93. The van der Waals surface area contributed by atoms with Gasteiger partial charge in [-0.05, 0) is 31.3 Å². The zero-order chi connectivity index (χ0) is 13.3. The Morgan fingerprint density at radius 1 is 1.28 bits per heavy atom. The first-order valence-electron chi connectivity index (χ1n) is 5.93. The summed E-state index contributed by atoms with van der Waals surface area (Å²) in [6.07, 6.45) is 3.31. The fourth-order valence-electron chi connectivity index (χ4n) is 2.92. The normalized spacial score (nSPS) is 25.1. The van der Waals surface area contributed by atoms with Crippen LogP contribution in [0.1, 0.15) is 25.7 Å². The molecule has 1 fully saturated rings. The van der Waals surface area contributed by atoms with Crippen LogP contribution in [0, 0.1) is 11.3 Å². The topological polar surface area (TPSA) is 69.7 Å². The maximum absolute atomic E-state index is 11.9. The Balaban J connectivity index is 2.32. The molecule has 0 N–H and O–H groups in total. The molecule has 0 radical (unpaired) electrons. The Hall–Kier alpha value is -1.65. The Labute approximate surface area is 105 Å². The molecule has 0 aromatic rings. The zero-order valence-electron chi connectivity index (χ0n) is 10.5. The van der Waals surface area contributed by atoms with Gasteiger partial charge in [0.05, 0.1) is 14.2 Å². The Bertz CT molecular complexity index is 419. The Morgan fingerprint density at radius 2 is 1.89 bits per heavy atom. The molecule has 0 aromatic carbocycles. The van der Waals surface area contributed by atoms with Crippen molar-refractivity contribution in [2.45, 2.75) is 25.7 Å². The van der Waals surface area contributed by atoms with Gasteiger partial charge in [0.15, 0.2) is 11.2 Å². The third-order valence-electron chi connectivity index (χ3n) is 3.90. The average molecular weight is 252 g/mol. The highest BCUT2D eigenvalue weighted by Crippen LogP contribution is 2.47. The summed E-state index contributed by atoms with van der Waals surface area (Å²) >= 11 is 0. The molecule has 0 spiro atoms. The standard InChI is InChI=1S/C13H16O5/c1-17-11(15)13(12(16)18-2)4-3-8-5-10(14)6-9(8)7-13/h6,8H,3-5,7H2,1-2H3. The number of ketones is 1. The summed E-state index contributed by atoms with van der Waals surface area (Å²) in [5.74, 6) is -0.901. The highest BCUT2D eigenvalue weighted by Gasteiger charge is 2.52. The summed E-state index contributed by atoms with van der Waals surface area (Å²) in [7, 11) is 2.51. The second-order valence-electron chi connectivity index (χ2n) is 4.87. The number of hydrogen-bond acceptors (Lipinski definition) is 5. The Morgan fingerprint density at radius 3 is 2.44 bits per heavy atom. The van der Waals surface area contributed by atoms with Gasteiger partial charge in [-0.25, -0.2) is 0 Å². The molecule has 18 heavy (non-hydrogen) atoms. The molecule has 1 unspecified atom stereocenters. The molecule has 5 heteroatoms. The van der Waals surface area contributed by atoms with E-state index >= 15 is 0 Å². The maximum Gasteiger partial charge on any atom is 0.323 e. The van der Waals surface area contributed by atoms with Crippen molar-refractivity contribution in [2.24, 2.45) is 11.3 Å². The van der Waals surface area contributed by atoms with Gasteiger partial charge in [-0.3, -0.25) is 14.4 Å². The van der Waals surface area contributed by atoms with Crippen molar-refractivity contribution in [1.82, 2.24) is 0 Å². The van der Waals surface area contributed by atoms with Crippen molar-refractivity contribution < 1.29 is 23.9 Å². The van der Waals surface area contributed by atoms with Gasteiger partial charge in [-0.1, -0.05) is 5.57 Å². The van der Waals surface area contributed by atoms with Crippen molar-refractivity contribution in [3.05, 3.63) is 11.6 Å². The minimum absolute atomic E-state index is 0.0699. The van der Waals surface area contributed by atoms with E-state index in [4.69, 9.17) is 9.47 Å². The van der Waals surface area contributed by atoms with Crippen molar-refractivity contribution in [3.63, 3.8) is 0 Å². The van der Waals surface area contributed by atoms with Crippen LogP contribution < -0.4 is 0 Å². The highest BCUT2D eigenvalue weighted by atomic mass is 16.5. The predicted molar refractivity (Wildman–Crippen MR) is 61.5 cm³/mol. The number of ether oxygens (including phenoxy) is 2. The lowest BCUT2D eigenvalue weighted by atomic mass is 9.68. The minimum Gasteiger partial charge on any atom is -0.468 e. The summed E-state index contributed by atoms with van der Waals surface area (Å²) in [6, 6.07) is 0. The van der Waals surface area contributed by atoms with Gasteiger partial charge < -0.3 is 9.47 Å². The Kier molecular flexibility index (Phi) is 3.24. The van der Waals surface area contributed by atoms with Crippen LogP contribution in [-0.4, -0.2) is 31.9 Å². The van der Waals surface area contributed by atoms with Crippen LogP contribution in [0.4, 0.5) is 0 Å². The SMILES string of the molecule is COC(=O)C1(C(=O)OC)CCC2CC(=O)C=C2C1. The second kappa shape index (κ2) is 4.55. The van der Waals surface area contributed by atoms with E-state index in [9.17, 15) is 14.4 Å². The van der Waals surface area contributed by atoms with Gasteiger partial charge in [-0.2, -0.15) is 0 Å². The number of rotatable bonds is 2. The van der Waals surface area contributed by atoms with Gasteiger partial charge in [0.1, 0.15) is 0 Å². The molecule has 5 nitrogen and oxygen atoms in total. The molecule has 0 heterocycles. The monoisotopic (exact) mass is 252 g/mol. The van der Waals surface area contributed by atoms with E-state index in [0.29, 0.717) is 19.3 Å². The van der Waals surface area contributed by atoms with E-state index in [0.717, 1.165) is 5.57 Å². The van der Waals surface area contributed by atoms with Gasteiger partial charge >= 0.3 is 11.9 Å². The number of methoxy groups -OCH3 is 2. The first kappa shape index (κ1) is 12.8. The van der Waals surface area contributed by atoms with E-state index < -0.39 is 17.4 Å². The third kappa shape index (κ3) is 1.83. The van der Waals surface area contributed by atoms with E-state index in [1.54, 1.807) is 6.08 Å². The molecule has 1 saturated carbocycles. The summed E-state index contributed by atoms with van der Waals surface area (Å²) in [5.41, 5.74) is -0.391. The molecule has 0 saturated heterocycles. The van der Waals surface area contributed by atoms with Crippen LogP contribution in [0.25, 0.3) is 0 Å². The van der Waals surface area contributed by atoms with E-state index in [2.05, 4.69) is 0 Å². The van der Waals surface area contributed by atoms with Crippen molar-refractivity contribution in [2.75, 3.05) is 14.2 Å². The fraction of sp³-hybridized carbons (Fsp3) is 0.615. The lowest BCUT2D eigenvalue weighted by Crippen LogP contribution is -2.44. The summed E-state index contributed by atoms with van der Waals surface area (Å²) in [6.45, 7) is 0. The van der Waals surface area contributed by atoms with Gasteiger partial charge in [0, 0.05) is 6.42 Å². The molecule has 0 bridgehead atoms. The fourth-order valence-corrected chi connectivity index (χ4v) is 2.92. The van der Waals surface area contributed by atoms with Crippen LogP contribution in [0.2, 0.25) is 0 Å². The van der Waals surface area contributed by atoms with Crippen LogP contribution in [0.5, 0.6) is 0 Å². The van der Waals surface area contributed by atoms with E-state index in [-0.39, 0.29) is 18.1 Å². The number of fused-ring (bicyclic) bond motifs is 1. The molecule has 2 rings (SSSR count). The van der Waals surface area contributed by atoms with E-state index in [1.807, 2.05) is 0 Å². The summed E-state index contributed by atoms with van der Waals surface area (Å²) in [4.78, 5) is 35.2. The molecule has 1 atom stereocenters. The average Bonchev–Trinajstić information content (AvgIpc) is 2.75. The maximum atomic E-state index is 11.9. The molecule has 0 aromatic heterocycles. The first-order chi connectivity index (χ1) is 8.53. The second-order valence-corrected chi connectivity index (χ2v) is 4.87. The number of esters is 2. The summed E-state index contributed by atoms with van der Waals surface area (Å²) in [5, 5.41) is 0. The van der Waals surface area contributed by atoms with Crippen molar-refractivity contribution >= 4 is 17.7 Å². The molecule has 98 valence electrons. The largest absolute Gasteiger partial charge is 0.468 e. The van der Waals surface area contributed by atoms with E-state index in [1.165, 1.54) is 14.2 Å². The van der Waals surface area contributed by atoms with Gasteiger partial charge in [0.2, 0.25) is 0 Å². The molecule has 2 aliphatic carbocycles. The number of hydrogen-bond donors (Lipinski definition) is 0. The molecule has 0 amide bonds. The zero-order valence-corrected chi connectivity index (χ0v) is 10.5. The third-order valence-corrected chi connectivity index (χ3v) is 3.90. The van der Waals surface area contributed by atoms with Crippen LogP contribution in [0.15, 0.2) is 11.6 Å². The number of carbonyl (C=O) groups excluding carboxylic acids is 3. The summed E-state index contributed by atoms with van der Waals surface area (Å²) < 4.78 is 9.48. The highest BCUT2D eigenvalue weighted by molar-refractivity contribution is 6.01. The minimum atomic E-state index is -1.27. The van der Waals surface area contributed by atoms with Crippen LogP contribution >= 0.6 is 0 Å². The number of carbonyl (C=O) groups is 3. The van der Waals surface area contributed by atoms with Crippen LogP contribution in [-0.2, 0) is 23.9 Å². The van der Waals surface area contributed by atoms with Crippen molar-refractivity contribution in [3.8, 4) is 0 Å². The van der Waals surface area contributed by atoms with Crippen molar-refractivity contribution in [1.29, 1.82) is 0 Å². The molecule has 0 aliphatic heterocycles. The lowest BCUT2D eigenvalue weighted by Gasteiger charge is -2.35. The molecule has 2 aliphatic rings. The van der Waals surface area contributed by atoms with Gasteiger partial charge in [-0.15, -0.1) is 0 Å². The molecular weight excluding hydrogens is 236 g/mol. The predicted octanol–water partition coefficient (Wildman–Crippen LogP) is 1.02. The smallest absolute Gasteiger partial charge is 0.323 e. The number of allylic oxidation sites excluding steroid dienone is 2. The molecular formula is C13H16O5. The van der Waals surface area contributed by atoms with Gasteiger partial charge in [0.25, 0.3) is 0 Å². The lowest BCUT2D eigenvalue weighted by molar-refractivity contribution is -0.171.